The van der Waals surface area contributed by atoms with E-state index in [0.717, 1.165) is 15.6 Å². The molecule has 0 atom stereocenters. The predicted molar refractivity (Wildman–Crippen MR) is 53.2 cm³/mol. The van der Waals surface area contributed by atoms with Crippen molar-refractivity contribution < 1.29 is 0 Å². The summed E-state index contributed by atoms with van der Waals surface area (Å²) < 4.78 is 0. The van der Waals surface area contributed by atoms with Crippen molar-refractivity contribution >= 4 is 22.5 Å². The summed E-state index contributed by atoms with van der Waals surface area (Å²) in [5.74, 6) is 0. The van der Waals surface area contributed by atoms with E-state index in [9.17, 15) is 0 Å². The average molecular weight is 196 g/mol. The van der Waals surface area contributed by atoms with Crippen molar-refractivity contribution in [3.8, 4) is 0 Å². The Hall–Kier alpha value is -0.480. The number of thiol groups is 1. The van der Waals surface area contributed by atoms with Gasteiger partial charge in [0.1, 0.15) is 6.67 Å². The van der Waals surface area contributed by atoms with Gasteiger partial charge in [-0.3, -0.25) is 9.98 Å². The van der Waals surface area contributed by atoms with Gasteiger partial charge >= 0.3 is 0 Å². The third-order valence-electron chi connectivity index (χ3n) is 1.87. The first-order valence-electron chi connectivity index (χ1n) is 3.63. The number of benzene rings is 1. The monoisotopic (exact) mass is 196 g/mol. The molecule has 1 aliphatic rings. The van der Waals surface area contributed by atoms with Gasteiger partial charge in [-0.15, -0.1) is 11.7 Å². The SMILES string of the molecule is Cc1ccc(SS)c2c1=NCN=2. The molecule has 0 unspecified atom stereocenters. The van der Waals surface area contributed by atoms with Crippen LogP contribution in [0.15, 0.2) is 27.0 Å². The molecule has 0 radical (unpaired) electrons. The molecule has 0 saturated carbocycles. The molecule has 2 rings (SSSR count). The van der Waals surface area contributed by atoms with E-state index in [2.05, 4.69) is 34.6 Å². The molecule has 4 heteroatoms. The Labute approximate surface area is 79.6 Å². The molecule has 0 bridgehead atoms. The van der Waals surface area contributed by atoms with Gasteiger partial charge in [0, 0.05) is 4.90 Å². The lowest BCUT2D eigenvalue weighted by atomic mass is 10.2. The molecule has 0 amide bonds. The summed E-state index contributed by atoms with van der Waals surface area (Å²) in [6.45, 7) is 2.62. The summed E-state index contributed by atoms with van der Waals surface area (Å²) in [7, 11) is 1.42. The summed E-state index contributed by atoms with van der Waals surface area (Å²) in [5.41, 5.74) is 1.19. The van der Waals surface area contributed by atoms with Crippen LogP contribution in [0.1, 0.15) is 5.56 Å². The fraction of sp³-hybridized carbons (Fsp3) is 0.250. The number of fused-ring (bicyclic) bond motifs is 1. The smallest absolute Gasteiger partial charge is 0.131 e. The number of aryl methyl sites for hydroxylation is 1. The minimum Gasteiger partial charge on any atom is -0.259 e. The molecule has 0 spiro atoms. The second kappa shape index (κ2) is 3.11. The predicted octanol–water partition coefficient (Wildman–Crippen LogP) is 1.14. The van der Waals surface area contributed by atoms with E-state index >= 15 is 0 Å². The van der Waals surface area contributed by atoms with Crippen LogP contribution in [-0.4, -0.2) is 6.67 Å². The largest absolute Gasteiger partial charge is 0.259 e. The number of hydrogen-bond donors (Lipinski definition) is 1. The molecule has 0 aromatic heterocycles. The highest BCUT2D eigenvalue weighted by Crippen LogP contribution is 2.16. The molecular formula is C8H8N2S2. The standard InChI is InChI=1S/C8H8N2S2/c1-5-2-3-6(12-11)8-7(5)9-4-10-8/h2-3,11H,4H2,1H3. The van der Waals surface area contributed by atoms with E-state index in [1.807, 2.05) is 6.07 Å². The van der Waals surface area contributed by atoms with Gasteiger partial charge < -0.3 is 0 Å². The lowest BCUT2D eigenvalue weighted by Crippen LogP contribution is -2.26. The van der Waals surface area contributed by atoms with Gasteiger partial charge in [-0.25, -0.2) is 0 Å². The van der Waals surface area contributed by atoms with Crippen LogP contribution in [0, 0.1) is 6.92 Å². The minimum absolute atomic E-state index is 0.571. The molecule has 12 heavy (non-hydrogen) atoms. The second-order valence-electron chi connectivity index (χ2n) is 2.63. The Balaban J connectivity index is 2.84. The summed E-state index contributed by atoms with van der Waals surface area (Å²) in [5, 5.41) is 2.05. The van der Waals surface area contributed by atoms with Gasteiger partial charge in [-0.05, 0) is 18.6 Å². The van der Waals surface area contributed by atoms with E-state index in [1.165, 1.54) is 16.4 Å². The molecule has 0 saturated heterocycles. The Morgan fingerprint density at radius 3 is 2.83 bits per heavy atom. The molecule has 62 valence electrons. The third kappa shape index (κ3) is 1.15. The van der Waals surface area contributed by atoms with Crippen molar-refractivity contribution in [3.05, 3.63) is 28.4 Å². The molecular weight excluding hydrogens is 188 g/mol. The van der Waals surface area contributed by atoms with Crippen LogP contribution in [0.4, 0.5) is 0 Å². The van der Waals surface area contributed by atoms with Crippen LogP contribution in [-0.2, 0) is 0 Å². The van der Waals surface area contributed by atoms with Crippen molar-refractivity contribution in [1.82, 2.24) is 0 Å². The summed E-state index contributed by atoms with van der Waals surface area (Å²) in [4.78, 5) is 9.69. The van der Waals surface area contributed by atoms with Gasteiger partial charge in [-0.1, -0.05) is 16.9 Å². The highest BCUT2D eigenvalue weighted by molar-refractivity contribution is 8.68. The maximum absolute atomic E-state index is 4.29. The van der Waals surface area contributed by atoms with Crippen molar-refractivity contribution in [2.75, 3.05) is 6.67 Å². The first kappa shape index (κ1) is 8.13. The molecule has 0 fully saturated rings. The van der Waals surface area contributed by atoms with Gasteiger partial charge in [0.15, 0.2) is 0 Å². The van der Waals surface area contributed by atoms with Crippen LogP contribution in [0.3, 0.4) is 0 Å². The maximum Gasteiger partial charge on any atom is 0.131 e. The molecule has 0 aliphatic carbocycles. The lowest BCUT2D eigenvalue weighted by molar-refractivity contribution is 1.05. The molecule has 2 nitrogen and oxygen atoms in total. The first-order valence-corrected chi connectivity index (χ1v) is 5.50. The molecule has 1 aromatic carbocycles. The van der Waals surface area contributed by atoms with Gasteiger partial charge in [-0.2, -0.15) is 0 Å². The average Bonchev–Trinajstić information content (AvgIpc) is 2.54. The molecule has 1 aliphatic heterocycles. The number of hydrogen-bond acceptors (Lipinski definition) is 4. The van der Waals surface area contributed by atoms with Gasteiger partial charge in [0.25, 0.3) is 0 Å². The summed E-state index contributed by atoms with van der Waals surface area (Å²) in [6, 6.07) is 4.10. The topological polar surface area (TPSA) is 24.7 Å². The number of nitrogens with zero attached hydrogens (tertiary/aromatic N) is 2. The van der Waals surface area contributed by atoms with Crippen LogP contribution in [0.2, 0.25) is 0 Å². The molecule has 1 aromatic rings. The lowest BCUT2D eigenvalue weighted by Gasteiger charge is -1.95. The Morgan fingerprint density at radius 1 is 1.33 bits per heavy atom. The Morgan fingerprint density at radius 2 is 2.08 bits per heavy atom. The van der Waals surface area contributed by atoms with Crippen molar-refractivity contribution in [2.24, 2.45) is 9.98 Å². The highest BCUT2D eigenvalue weighted by atomic mass is 33.1. The molecule has 0 N–H and O–H groups in total. The fourth-order valence-electron chi connectivity index (χ4n) is 1.26. The maximum atomic E-state index is 4.29. The van der Waals surface area contributed by atoms with E-state index in [1.54, 1.807) is 0 Å². The van der Waals surface area contributed by atoms with Gasteiger partial charge in [0.05, 0.1) is 10.7 Å². The van der Waals surface area contributed by atoms with Crippen molar-refractivity contribution in [1.29, 1.82) is 0 Å². The zero-order valence-corrected chi connectivity index (χ0v) is 8.32. The third-order valence-corrected chi connectivity index (χ3v) is 2.99. The zero-order valence-electron chi connectivity index (χ0n) is 6.61. The van der Waals surface area contributed by atoms with Crippen molar-refractivity contribution in [2.45, 2.75) is 11.8 Å². The van der Waals surface area contributed by atoms with Crippen LogP contribution >= 0.6 is 22.5 Å². The van der Waals surface area contributed by atoms with Crippen LogP contribution in [0.25, 0.3) is 0 Å². The minimum atomic E-state index is 0.571. The summed E-state index contributed by atoms with van der Waals surface area (Å²) >= 11 is 4.16. The Bertz CT molecular complexity index is 425. The van der Waals surface area contributed by atoms with E-state index in [4.69, 9.17) is 0 Å². The normalized spacial score (nSPS) is 13.5. The quantitative estimate of drug-likeness (QED) is 0.529. The van der Waals surface area contributed by atoms with Crippen molar-refractivity contribution in [3.63, 3.8) is 0 Å². The van der Waals surface area contributed by atoms with E-state index < -0.39 is 0 Å². The summed E-state index contributed by atoms with van der Waals surface area (Å²) in [6.07, 6.45) is 0. The first-order chi connectivity index (χ1) is 5.83. The van der Waals surface area contributed by atoms with E-state index in [0.29, 0.717) is 6.67 Å². The fourth-order valence-corrected chi connectivity index (χ4v) is 2.08. The highest BCUT2D eigenvalue weighted by Gasteiger charge is 2.04. The van der Waals surface area contributed by atoms with Gasteiger partial charge in [0.2, 0.25) is 0 Å². The second-order valence-corrected chi connectivity index (χ2v) is 3.80. The van der Waals surface area contributed by atoms with Crippen LogP contribution in [0.5, 0.6) is 0 Å². The Kier molecular flexibility index (Phi) is 2.11. The van der Waals surface area contributed by atoms with Crippen LogP contribution < -0.4 is 10.7 Å². The van der Waals surface area contributed by atoms with E-state index in [-0.39, 0.29) is 0 Å². The number of rotatable bonds is 1. The zero-order chi connectivity index (χ0) is 8.55. The molecule has 1 heterocycles.